The van der Waals surface area contributed by atoms with Crippen LogP contribution < -0.4 is 20.3 Å². The molecule has 4 heterocycles. The fraction of sp³-hybridized carbons (Fsp3) is 0.304. The molecule has 0 unspecified atom stereocenters. The van der Waals surface area contributed by atoms with E-state index in [2.05, 4.69) is 20.8 Å². The molecule has 0 aromatic carbocycles. The van der Waals surface area contributed by atoms with Crippen molar-refractivity contribution in [1.29, 1.82) is 0 Å². The molecule has 2 aromatic heterocycles. The van der Waals surface area contributed by atoms with E-state index in [0.29, 0.717) is 40.9 Å². The number of anilines is 1. The van der Waals surface area contributed by atoms with E-state index in [1.54, 1.807) is 31.5 Å². The quantitative estimate of drug-likeness (QED) is 0.401. The molecule has 0 radical (unpaired) electrons. The summed E-state index contributed by atoms with van der Waals surface area (Å²) in [6.07, 6.45) is 11.6. The summed E-state index contributed by atoms with van der Waals surface area (Å²) in [5.41, 5.74) is 2.36. The molecule has 2 aromatic rings. The minimum Gasteiger partial charge on any atom is -0.489 e. The second kappa shape index (κ2) is 10.0. The fourth-order valence-corrected chi connectivity index (χ4v) is 2.94. The van der Waals surface area contributed by atoms with Gasteiger partial charge in [0.15, 0.2) is 22.8 Å². The molecule has 33 heavy (non-hydrogen) atoms. The number of rotatable bonds is 3. The fourth-order valence-electron chi connectivity index (χ4n) is 2.94. The van der Waals surface area contributed by atoms with Crippen molar-refractivity contribution in [3.63, 3.8) is 0 Å². The molecule has 4 rings (SSSR count). The van der Waals surface area contributed by atoms with Crippen LogP contribution in [0.3, 0.4) is 0 Å². The number of halogens is 2. The average molecular weight is 455 g/mol. The van der Waals surface area contributed by atoms with Gasteiger partial charge in [-0.25, -0.2) is 9.98 Å². The monoisotopic (exact) mass is 455 g/mol. The molecule has 0 fully saturated rings. The minimum atomic E-state index is -3.18. The Kier molecular flexibility index (Phi) is 7.16. The number of carbonyl (C=O) groups excluding carboxylic acids is 2. The lowest BCUT2D eigenvalue weighted by molar-refractivity contribution is -0.118. The predicted octanol–water partition coefficient (Wildman–Crippen LogP) is 1.96. The van der Waals surface area contributed by atoms with Gasteiger partial charge in [0.25, 0.3) is 5.78 Å². The second-order valence-electron chi connectivity index (χ2n) is 6.95. The maximum Gasteiger partial charge on any atom is 0.345 e. The SMILES string of the molecule is C#CC(=O)C1=C=CC/C=c2/cnn(C(F)(F)CC)c2=N1.CN1C(=O)CCOc2cccnc21.[HH]. The van der Waals surface area contributed by atoms with E-state index in [1.165, 1.54) is 18.0 Å². The lowest BCUT2D eigenvalue weighted by atomic mass is 10.2. The van der Waals surface area contributed by atoms with Crippen molar-refractivity contribution >= 4 is 23.6 Å². The summed E-state index contributed by atoms with van der Waals surface area (Å²) >= 11 is 0. The zero-order valence-corrected chi connectivity index (χ0v) is 18.1. The van der Waals surface area contributed by atoms with Gasteiger partial charge in [0.05, 0.1) is 19.2 Å². The molecule has 172 valence electrons. The molecule has 0 saturated heterocycles. The van der Waals surface area contributed by atoms with Crippen LogP contribution in [0.15, 0.2) is 47.0 Å². The number of aromatic nitrogens is 3. The molecule has 0 saturated carbocycles. The molecule has 0 N–H and O–H groups in total. The molecular formula is C23H23F2N5O3. The number of amides is 1. The van der Waals surface area contributed by atoms with Crippen molar-refractivity contribution < 1.29 is 24.5 Å². The van der Waals surface area contributed by atoms with Gasteiger partial charge in [0, 0.05) is 26.3 Å². The van der Waals surface area contributed by atoms with Crippen molar-refractivity contribution in [3.05, 3.63) is 52.7 Å². The van der Waals surface area contributed by atoms with Crippen LogP contribution in [0, 0.1) is 12.3 Å². The highest BCUT2D eigenvalue weighted by molar-refractivity contribution is 6.07. The van der Waals surface area contributed by atoms with Crippen molar-refractivity contribution in [2.45, 2.75) is 32.2 Å². The van der Waals surface area contributed by atoms with E-state index in [1.807, 2.05) is 12.0 Å². The van der Waals surface area contributed by atoms with E-state index >= 15 is 0 Å². The number of allylic oxidation sites excluding steroid dienone is 1. The third kappa shape index (κ3) is 5.22. The van der Waals surface area contributed by atoms with Crippen molar-refractivity contribution in [2.75, 3.05) is 18.6 Å². The Balaban J connectivity index is 0.000000253. The molecule has 1 amide bonds. The maximum absolute atomic E-state index is 13.8. The number of hydrogen-bond donors (Lipinski definition) is 0. The molecule has 0 bridgehead atoms. The lowest BCUT2D eigenvalue weighted by Gasteiger charge is -2.13. The Labute approximate surface area is 190 Å². The molecule has 10 heteroatoms. The topological polar surface area (TPSA) is 89.7 Å². The summed E-state index contributed by atoms with van der Waals surface area (Å²) in [7, 11) is 1.71. The van der Waals surface area contributed by atoms with Crippen molar-refractivity contribution in [2.24, 2.45) is 4.99 Å². The number of carbonyl (C=O) groups is 2. The third-order valence-corrected chi connectivity index (χ3v) is 4.78. The van der Waals surface area contributed by atoms with Gasteiger partial charge in [0.1, 0.15) is 0 Å². The molecule has 2 aliphatic heterocycles. The first-order valence-corrected chi connectivity index (χ1v) is 10.1. The summed E-state index contributed by atoms with van der Waals surface area (Å²) < 4.78 is 33.5. The number of ketones is 1. The van der Waals surface area contributed by atoms with Gasteiger partial charge < -0.3 is 4.74 Å². The smallest absolute Gasteiger partial charge is 0.345 e. The highest BCUT2D eigenvalue weighted by atomic mass is 19.3. The number of pyridine rings is 1. The summed E-state index contributed by atoms with van der Waals surface area (Å²) in [6, 6.07) is 0.429. The molecule has 8 nitrogen and oxygen atoms in total. The average Bonchev–Trinajstić information content (AvgIpc) is 3.14. The predicted molar refractivity (Wildman–Crippen MR) is 118 cm³/mol. The van der Waals surface area contributed by atoms with Crippen LogP contribution in [0.4, 0.5) is 14.6 Å². The number of ether oxygens (including phenoxy) is 1. The lowest BCUT2D eigenvalue weighted by Crippen LogP contribution is -2.39. The number of hydrogen-bond acceptors (Lipinski definition) is 6. The normalized spacial score (nSPS) is 15.8. The molecule has 2 aliphatic rings. The van der Waals surface area contributed by atoms with E-state index in [0.717, 1.165) is 0 Å². The van der Waals surface area contributed by atoms with Crippen LogP contribution >= 0.6 is 0 Å². The summed E-state index contributed by atoms with van der Waals surface area (Å²) in [5, 5.41) is 4.10. The van der Waals surface area contributed by atoms with Gasteiger partial charge in [0.2, 0.25) is 5.91 Å². The molecule has 0 aliphatic carbocycles. The summed E-state index contributed by atoms with van der Waals surface area (Å²) in [5.74, 6) is 2.51. The van der Waals surface area contributed by atoms with Crippen LogP contribution in [-0.2, 0) is 15.6 Å². The zero-order chi connectivity index (χ0) is 24.0. The van der Waals surface area contributed by atoms with Crippen LogP contribution in [0.5, 0.6) is 5.75 Å². The van der Waals surface area contributed by atoms with Crippen LogP contribution in [0.25, 0.3) is 6.08 Å². The van der Waals surface area contributed by atoms with Crippen molar-refractivity contribution in [1.82, 2.24) is 14.8 Å². The van der Waals surface area contributed by atoms with Gasteiger partial charge in [-0.3, -0.25) is 14.5 Å². The Morgan fingerprint density at radius 2 is 2.24 bits per heavy atom. The Bertz CT molecular complexity index is 1310. The summed E-state index contributed by atoms with van der Waals surface area (Å²) in [4.78, 5) is 32.4. The Morgan fingerprint density at radius 3 is 2.97 bits per heavy atom. The largest absolute Gasteiger partial charge is 0.489 e. The number of nitrogens with zero attached hydrogens (tertiary/aromatic N) is 5. The number of alkyl halides is 2. The van der Waals surface area contributed by atoms with Gasteiger partial charge >= 0.3 is 6.05 Å². The van der Waals surface area contributed by atoms with E-state index in [4.69, 9.17) is 11.2 Å². The van der Waals surface area contributed by atoms with E-state index in [9.17, 15) is 18.4 Å². The van der Waals surface area contributed by atoms with Crippen molar-refractivity contribution in [3.8, 4) is 18.1 Å². The first-order chi connectivity index (χ1) is 15.8. The summed E-state index contributed by atoms with van der Waals surface area (Å²) in [6.45, 7) is 1.77. The third-order valence-electron chi connectivity index (χ3n) is 4.78. The molecule has 0 spiro atoms. The standard InChI is InChI=1S/C14H11F2N3O.C9H10N2O2.H2/c1-3-12(20)11-8-6-5-7-10-9-17-19(13(10)18-11)14(15,16)4-2;1-11-8(12)4-6-13-7-3-2-5-10-9(7)11;/h1,6-7,9H,4-5H2,2H3;2-3,5H,4,6H2,1H3;1H/b10-7-,18-13?;;. The number of terminal acetylenes is 1. The van der Waals surface area contributed by atoms with Crippen LogP contribution in [-0.4, -0.2) is 40.1 Å². The maximum atomic E-state index is 13.8. The Hall–Kier alpha value is -4.09. The van der Waals surface area contributed by atoms with Gasteiger partial charge in [-0.15, -0.1) is 6.42 Å². The number of Topliss-reactive ketones (excluding diaryl/α,β-unsaturated/α-hetero) is 1. The van der Waals surface area contributed by atoms with Gasteiger partial charge in [-0.05, 0) is 30.6 Å². The minimum absolute atomic E-state index is 0. The van der Waals surface area contributed by atoms with Crippen LogP contribution in [0.1, 0.15) is 27.6 Å². The first-order valence-electron chi connectivity index (χ1n) is 10.1. The van der Waals surface area contributed by atoms with E-state index in [-0.39, 0.29) is 18.5 Å². The van der Waals surface area contributed by atoms with E-state index < -0.39 is 18.3 Å². The zero-order valence-electron chi connectivity index (χ0n) is 18.1. The highest BCUT2D eigenvalue weighted by Crippen LogP contribution is 2.26. The van der Waals surface area contributed by atoms with Gasteiger partial charge in [-0.2, -0.15) is 18.6 Å². The Morgan fingerprint density at radius 1 is 1.45 bits per heavy atom. The number of fused-ring (bicyclic) bond motifs is 2. The second-order valence-corrected chi connectivity index (χ2v) is 6.95. The first kappa shape index (κ1) is 23.6. The van der Waals surface area contributed by atoms with Crippen LogP contribution in [0.2, 0.25) is 0 Å². The van der Waals surface area contributed by atoms with Gasteiger partial charge in [-0.1, -0.05) is 18.7 Å². The molecule has 0 atom stereocenters. The molecular weight excluding hydrogens is 432 g/mol. The highest BCUT2D eigenvalue weighted by Gasteiger charge is 2.31.